The van der Waals surface area contributed by atoms with Crippen LogP contribution in [0.15, 0.2) is 30.3 Å². The summed E-state index contributed by atoms with van der Waals surface area (Å²) < 4.78 is 0. The SMILES string of the molecule is Cc1c(C(C)C)cc2c(c1N)Cc1ccccc1-2. The average molecular weight is 237 g/mol. The van der Waals surface area contributed by atoms with Gasteiger partial charge in [0.05, 0.1) is 0 Å². The summed E-state index contributed by atoms with van der Waals surface area (Å²) in [5, 5.41) is 0. The van der Waals surface area contributed by atoms with Gasteiger partial charge in [0.25, 0.3) is 0 Å². The van der Waals surface area contributed by atoms with E-state index in [2.05, 4.69) is 51.1 Å². The molecule has 1 heteroatoms. The number of nitrogen functional groups attached to an aromatic ring is 1. The third-order valence-electron chi connectivity index (χ3n) is 4.08. The van der Waals surface area contributed by atoms with Gasteiger partial charge < -0.3 is 5.73 Å². The first kappa shape index (κ1) is 11.3. The predicted octanol–water partition coefficient (Wildman–Crippen LogP) is 4.27. The van der Waals surface area contributed by atoms with E-state index in [-0.39, 0.29) is 0 Å². The Labute approximate surface area is 109 Å². The van der Waals surface area contributed by atoms with E-state index in [4.69, 9.17) is 5.73 Å². The summed E-state index contributed by atoms with van der Waals surface area (Å²) in [5.74, 6) is 0.519. The van der Waals surface area contributed by atoms with E-state index in [1.54, 1.807) is 0 Å². The number of rotatable bonds is 1. The molecule has 0 bridgehead atoms. The maximum atomic E-state index is 6.35. The number of hydrogen-bond donors (Lipinski definition) is 1. The minimum atomic E-state index is 0.519. The van der Waals surface area contributed by atoms with Gasteiger partial charge in [-0.3, -0.25) is 0 Å². The van der Waals surface area contributed by atoms with Gasteiger partial charge in [0.2, 0.25) is 0 Å². The molecule has 0 aromatic heterocycles. The van der Waals surface area contributed by atoms with Crippen molar-refractivity contribution in [2.75, 3.05) is 5.73 Å². The average Bonchev–Trinajstić information content (AvgIpc) is 2.72. The molecule has 0 saturated carbocycles. The summed E-state index contributed by atoms with van der Waals surface area (Å²) in [7, 11) is 0. The van der Waals surface area contributed by atoms with E-state index in [1.165, 1.54) is 33.4 Å². The van der Waals surface area contributed by atoms with Crippen molar-refractivity contribution in [3.63, 3.8) is 0 Å². The summed E-state index contributed by atoms with van der Waals surface area (Å²) in [4.78, 5) is 0. The van der Waals surface area contributed by atoms with E-state index < -0.39 is 0 Å². The Morgan fingerprint density at radius 1 is 1.11 bits per heavy atom. The van der Waals surface area contributed by atoms with Gasteiger partial charge in [-0.05, 0) is 46.2 Å². The molecule has 18 heavy (non-hydrogen) atoms. The molecule has 0 fully saturated rings. The zero-order valence-electron chi connectivity index (χ0n) is 11.2. The van der Waals surface area contributed by atoms with E-state index >= 15 is 0 Å². The number of anilines is 1. The Kier molecular flexibility index (Phi) is 2.44. The molecule has 0 saturated heterocycles. The minimum Gasteiger partial charge on any atom is -0.398 e. The smallest absolute Gasteiger partial charge is 0.0388 e. The fraction of sp³-hybridized carbons (Fsp3) is 0.294. The molecule has 1 aliphatic carbocycles. The molecule has 3 rings (SSSR count). The molecule has 2 N–H and O–H groups in total. The van der Waals surface area contributed by atoms with Crippen LogP contribution < -0.4 is 5.73 Å². The van der Waals surface area contributed by atoms with Gasteiger partial charge in [0, 0.05) is 12.1 Å². The fourth-order valence-electron chi connectivity index (χ4n) is 3.04. The van der Waals surface area contributed by atoms with Gasteiger partial charge in [0.1, 0.15) is 0 Å². The van der Waals surface area contributed by atoms with Crippen molar-refractivity contribution in [2.24, 2.45) is 0 Å². The molecule has 2 aromatic carbocycles. The number of hydrogen-bond acceptors (Lipinski definition) is 1. The molecule has 0 spiro atoms. The van der Waals surface area contributed by atoms with Gasteiger partial charge in [-0.15, -0.1) is 0 Å². The third kappa shape index (κ3) is 1.47. The molecular weight excluding hydrogens is 218 g/mol. The van der Waals surface area contributed by atoms with Crippen LogP contribution in [0.1, 0.15) is 42.0 Å². The Balaban J connectivity index is 2.30. The van der Waals surface area contributed by atoms with Crippen molar-refractivity contribution in [1.29, 1.82) is 0 Å². The Morgan fingerprint density at radius 3 is 2.56 bits per heavy atom. The lowest BCUT2D eigenvalue weighted by atomic mass is 9.91. The normalized spacial score (nSPS) is 12.7. The van der Waals surface area contributed by atoms with Gasteiger partial charge in [-0.2, -0.15) is 0 Å². The lowest BCUT2D eigenvalue weighted by Gasteiger charge is -2.16. The predicted molar refractivity (Wildman–Crippen MR) is 77.9 cm³/mol. The topological polar surface area (TPSA) is 26.0 Å². The monoisotopic (exact) mass is 237 g/mol. The van der Waals surface area contributed by atoms with Crippen LogP contribution >= 0.6 is 0 Å². The van der Waals surface area contributed by atoms with Crippen molar-refractivity contribution < 1.29 is 0 Å². The molecule has 1 nitrogen and oxygen atoms in total. The van der Waals surface area contributed by atoms with Crippen LogP contribution in [0.2, 0.25) is 0 Å². The first-order valence-corrected chi connectivity index (χ1v) is 6.59. The number of benzene rings is 2. The van der Waals surface area contributed by atoms with Crippen LogP contribution in [0.4, 0.5) is 5.69 Å². The summed E-state index contributed by atoms with van der Waals surface area (Å²) in [6.07, 6.45) is 0.983. The van der Waals surface area contributed by atoms with Crippen molar-refractivity contribution in [3.8, 4) is 11.1 Å². The summed E-state index contributed by atoms with van der Waals surface area (Å²) in [6, 6.07) is 11.0. The zero-order chi connectivity index (χ0) is 12.9. The van der Waals surface area contributed by atoms with Gasteiger partial charge in [-0.25, -0.2) is 0 Å². The highest BCUT2D eigenvalue weighted by atomic mass is 14.6. The minimum absolute atomic E-state index is 0.519. The Hall–Kier alpha value is -1.76. The van der Waals surface area contributed by atoms with Crippen LogP contribution in [-0.2, 0) is 6.42 Å². The van der Waals surface area contributed by atoms with Crippen LogP contribution in [0, 0.1) is 6.92 Å². The maximum absolute atomic E-state index is 6.35. The van der Waals surface area contributed by atoms with Crippen molar-refractivity contribution >= 4 is 5.69 Å². The van der Waals surface area contributed by atoms with E-state index in [1.807, 2.05) is 0 Å². The lowest BCUT2D eigenvalue weighted by Crippen LogP contribution is -2.02. The second-order valence-corrected chi connectivity index (χ2v) is 5.52. The summed E-state index contributed by atoms with van der Waals surface area (Å²) >= 11 is 0. The van der Waals surface area contributed by atoms with Crippen LogP contribution in [0.5, 0.6) is 0 Å². The highest BCUT2D eigenvalue weighted by molar-refractivity contribution is 5.83. The van der Waals surface area contributed by atoms with Crippen molar-refractivity contribution in [2.45, 2.75) is 33.1 Å². The number of nitrogens with two attached hydrogens (primary N) is 1. The Morgan fingerprint density at radius 2 is 1.83 bits per heavy atom. The first-order valence-electron chi connectivity index (χ1n) is 6.59. The molecule has 0 heterocycles. The molecule has 0 radical (unpaired) electrons. The van der Waals surface area contributed by atoms with Crippen molar-refractivity contribution in [3.05, 3.63) is 52.6 Å². The standard InChI is InChI=1S/C17H19N/c1-10(2)14-9-15-13-7-5-4-6-12(13)8-16(15)17(18)11(14)3/h4-7,9-10H,8,18H2,1-3H3. The molecule has 0 aliphatic heterocycles. The largest absolute Gasteiger partial charge is 0.398 e. The van der Waals surface area contributed by atoms with E-state index in [0.717, 1.165) is 12.1 Å². The molecular formula is C17H19N. The highest BCUT2D eigenvalue weighted by Gasteiger charge is 2.23. The van der Waals surface area contributed by atoms with Crippen LogP contribution in [0.3, 0.4) is 0 Å². The maximum Gasteiger partial charge on any atom is 0.0388 e. The van der Waals surface area contributed by atoms with Gasteiger partial charge >= 0.3 is 0 Å². The van der Waals surface area contributed by atoms with Gasteiger partial charge in [0.15, 0.2) is 0 Å². The molecule has 0 unspecified atom stereocenters. The first-order chi connectivity index (χ1) is 8.59. The van der Waals surface area contributed by atoms with Crippen LogP contribution in [0.25, 0.3) is 11.1 Å². The zero-order valence-corrected chi connectivity index (χ0v) is 11.2. The second kappa shape index (κ2) is 3.88. The molecule has 2 aromatic rings. The number of fused-ring (bicyclic) bond motifs is 3. The van der Waals surface area contributed by atoms with Crippen molar-refractivity contribution in [1.82, 2.24) is 0 Å². The lowest BCUT2D eigenvalue weighted by molar-refractivity contribution is 0.857. The molecule has 0 amide bonds. The fourth-order valence-corrected chi connectivity index (χ4v) is 3.04. The summed E-state index contributed by atoms with van der Waals surface area (Å²) in [6.45, 7) is 6.61. The van der Waals surface area contributed by atoms with E-state index in [0.29, 0.717) is 5.92 Å². The van der Waals surface area contributed by atoms with Crippen LogP contribution in [-0.4, -0.2) is 0 Å². The second-order valence-electron chi connectivity index (χ2n) is 5.52. The third-order valence-corrected chi connectivity index (χ3v) is 4.08. The Bertz CT molecular complexity index is 624. The quantitative estimate of drug-likeness (QED) is 0.628. The summed E-state index contributed by atoms with van der Waals surface area (Å²) in [5.41, 5.74) is 15.4. The molecule has 0 atom stereocenters. The highest BCUT2D eigenvalue weighted by Crippen LogP contribution is 2.42. The molecule has 92 valence electrons. The van der Waals surface area contributed by atoms with Gasteiger partial charge in [-0.1, -0.05) is 44.2 Å². The van der Waals surface area contributed by atoms with E-state index in [9.17, 15) is 0 Å². The molecule has 1 aliphatic rings.